The molecule has 4 atom stereocenters. The van der Waals surface area contributed by atoms with Crippen molar-refractivity contribution in [3.05, 3.63) is 62.9 Å². The first-order chi connectivity index (χ1) is 10.5. The minimum Gasteiger partial charge on any atom is -0.245 e. The largest absolute Gasteiger partial charge is 0.352 e. The topological polar surface area (TPSA) is 48.9 Å². The molecule has 0 amide bonds. The van der Waals surface area contributed by atoms with Crippen molar-refractivity contribution in [1.82, 2.24) is 13.9 Å². The Balaban J connectivity index is 1.84. The molecule has 2 bridgehead atoms. The molecular formula is C17H17N3O2. The molecule has 2 aromatic rings. The Morgan fingerprint density at radius 1 is 1.09 bits per heavy atom. The minimum atomic E-state index is -0.219. The van der Waals surface area contributed by atoms with E-state index in [1.54, 1.807) is 21.5 Å². The molecule has 6 rings (SSSR count). The fourth-order valence-corrected chi connectivity index (χ4v) is 4.73. The highest BCUT2D eigenvalue weighted by Gasteiger charge is 2.66. The molecular weight excluding hydrogens is 278 g/mol. The summed E-state index contributed by atoms with van der Waals surface area (Å²) in [5.74, 6) is 0.491. The van der Waals surface area contributed by atoms with Crippen molar-refractivity contribution in [2.45, 2.75) is 32.4 Å². The summed E-state index contributed by atoms with van der Waals surface area (Å²) in [7, 11) is 0. The van der Waals surface area contributed by atoms with Gasteiger partial charge in [0.1, 0.15) is 0 Å². The van der Waals surface area contributed by atoms with Crippen molar-refractivity contribution in [3.63, 3.8) is 0 Å². The van der Waals surface area contributed by atoms with Gasteiger partial charge in [-0.1, -0.05) is 36.8 Å². The number of allylic oxidation sites excluding steroid dienone is 2. The zero-order valence-corrected chi connectivity index (χ0v) is 12.6. The molecule has 22 heavy (non-hydrogen) atoms. The molecule has 4 aliphatic rings. The van der Waals surface area contributed by atoms with Crippen LogP contribution in [0.3, 0.4) is 0 Å². The van der Waals surface area contributed by atoms with Crippen LogP contribution in [0.1, 0.15) is 32.4 Å². The van der Waals surface area contributed by atoms with E-state index in [-0.39, 0.29) is 28.9 Å². The molecule has 2 aliphatic heterocycles. The normalized spacial score (nSPS) is 34.1. The number of aromatic nitrogens is 3. The quantitative estimate of drug-likeness (QED) is 0.754. The average molecular weight is 295 g/mol. The first-order valence-electron chi connectivity index (χ1n) is 7.74. The van der Waals surface area contributed by atoms with E-state index in [1.807, 2.05) is 18.2 Å². The second-order valence-electron chi connectivity index (χ2n) is 7.05. The first-order valence-corrected chi connectivity index (χ1v) is 7.74. The van der Waals surface area contributed by atoms with Crippen LogP contribution in [-0.2, 0) is 0 Å². The van der Waals surface area contributed by atoms with E-state index in [4.69, 9.17) is 0 Å². The lowest BCUT2D eigenvalue weighted by atomic mass is 9.81. The Bertz CT molecular complexity index is 947. The first kappa shape index (κ1) is 12.3. The summed E-state index contributed by atoms with van der Waals surface area (Å²) in [6.07, 6.45) is 3.27. The lowest BCUT2D eigenvalue weighted by Gasteiger charge is -2.40. The molecule has 1 fully saturated rings. The van der Waals surface area contributed by atoms with Gasteiger partial charge in [0.25, 0.3) is 0 Å². The van der Waals surface area contributed by atoms with Gasteiger partial charge in [0.05, 0.1) is 17.8 Å². The molecule has 1 aromatic heterocycles. The van der Waals surface area contributed by atoms with Crippen LogP contribution in [0.2, 0.25) is 0 Å². The van der Waals surface area contributed by atoms with E-state index in [2.05, 4.69) is 19.9 Å². The van der Waals surface area contributed by atoms with E-state index >= 15 is 0 Å². The number of hydrogen-bond donors (Lipinski definition) is 0. The van der Waals surface area contributed by atoms with E-state index in [9.17, 15) is 9.59 Å². The molecule has 5 nitrogen and oxygen atoms in total. The second-order valence-corrected chi connectivity index (χ2v) is 7.05. The van der Waals surface area contributed by atoms with Gasteiger partial charge in [-0.15, -0.1) is 0 Å². The van der Waals surface area contributed by atoms with Gasteiger partial charge in [-0.3, -0.25) is 0 Å². The van der Waals surface area contributed by atoms with E-state index in [1.165, 1.54) is 10.1 Å². The lowest BCUT2D eigenvalue weighted by Crippen LogP contribution is -2.45. The second kappa shape index (κ2) is 3.54. The predicted octanol–water partition coefficient (Wildman–Crippen LogP) is 1.88. The molecule has 3 heterocycles. The summed E-state index contributed by atoms with van der Waals surface area (Å²) in [6, 6.07) is 9.24. The average Bonchev–Trinajstić information content (AvgIpc) is 3.15. The highest BCUT2D eigenvalue weighted by atomic mass is 16.2. The Kier molecular flexibility index (Phi) is 1.97. The van der Waals surface area contributed by atoms with Gasteiger partial charge in [-0.25, -0.2) is 23.5 Å². The van der Waals surface area contributed by atoms with Crippen LogP contribution in [0.5, 0.6) is 0 Å². The van der Waals surface area contributed by atoms with Gasteiger partial charge in [0.2, 0.25) is 0 Å². The molecule has 2 aliphatic carbocycles. The maximum Gasteiger partial charge on any atom is 0.352 e. The van der Waals surface area contributed by atoms with Crippen molar-refractivity contribution in [2.75, 3.05) is 0 Å². The fraction of sp³-hybridized carbons (Fsp3) is 0.412. The van der Waals surface area contributed by atoms with Gasteiger partial charge < -0.3 is 0 Å². The van der Waals surface area contributed by atoms with Gasteiger partial charge in [0, 0.05) is 0 Å². The smallest absolute Gasteiger partial charge is 0.245 e. The van der Waals surface area contributed by atoms with E-state index in [0.717, 1.165) is 6.42 Å². The van der Waals surface area contributed by atoms with E-state index < -0.39 is 0 Å². The predicted molar refractivity (Wildman–Crippen MR) is 82.3 cm³/mol. The molecule has 1 saturated carbocycles. The third-order valence-corrected chi connectivity index (χ3v) is 5.80. The molecule has 0 radical (unpaired) electrons. The standard InChI is InChI=1S/C17H17N3O2/c1-10-8-13-12-9-17(12,2)14(10)20-16(22)18(15(21)19(13)20)11-6-4-3-5-7-11/h3-8,12-14H,9H2,1-2H3/t12-,13+,14+,17-/m1/s1. The van der Waals surface area contributed by atoms with Crippen LogP contribution in [0, 0.1) is 11.3 Å². The minimum absolute atomic E-state index is 0.0210. The number of rotatable bonds is 1. The molecule has 0 spiro atoms. The summed E-state index contributed by atoms with van der Waals surface area (Å²) in [4.78, 5) is 25.8. The van der Waals surface area contributed by atoms with Crippen molar-refractivity contribution in [1.29, 1.82) is 0 Å². The Hall–Kier alpha value is -2.30. The SMILES string of the molecule is CC1=C[C@H]2[C@H]3C[C@@]3(C)[C@H]1n1c(=O)n(-c3ccccc3)c(=O)n12. The van der Waals surface area contributed by atoms with Gasteiger partial charge in [0.15, 0.2) is 0 Å². The Morgan fingerprint density at radius 3 is 2.50 bits per heavy atom. The molecule has 0 N–H and O–H groups in total. The summed E-state index contributed by atoms with van der Waals surface area (Å²) in [5.41, 5.74) is 1.56. The fourth-order valence-electron chi connectivity index (χ4n) is 4.73. The van der Waals surface area contributed by atoms with Gasteiger partial charge in [-0.05, 0) is 36.8 Å². The summed E-state index contributed by atoms with van der Waals surface area (Å²) in [6.45, 7) is 4.32. The van der Waals surface area contributed by atoms with E-state index in [0.29, 0.717) is 11.6 Å². The number of para-hydroxylation sites is 1. The summed E-state index contributed by atoms with van der Waals surface area (Å²) >= 11 is 0. The highest BCUT2D eigenvalue weighted by molar-refractivity contribution is 5.34. The summed E-state index contributed by atoms with van der Waals surface area (Å²) in [5, 5.41) is 0. The number of benzene rings is 1. The molecule has 112 valence electrons. The van der Waals surface area contributed by atoms with Crippen LogP contribution in [0.15, 0.2) is 51.6 Å². The molecule has 5 heteroatoms. The highest BCUT2D eigenvalue weighted by Crippen LogP contribution is 2.70. The van der Waals surface area contributed by atoms with Gasteiger partial charge in [-0.2, -0.15) is 0 Å². The third kappa shape index (κ3) is 1.18. The maximum absolute atomic E-state index is 13.0. The zero-order chi connectivity index (χ0) is 15.2. The van der Waals surface area contributed by atoms with Crippen LogP contribution in [-0.4, -0.2) is 13.9 Å². The zero-order valence-electron chi connectivity index (χ0n) is 12.6. The monoisotopic (exact) mass is 295 g/mol. The third-order valence-electron chi connectivity index (χ3n) is 5.80. The molecule has 0 saturated heterocycles. The number of nitrogens with zero attached hydrogens (tertiary/aromatic N) is 3. The molecule has 1 aromatic carbocycles. The van der Waals surface area contributed by atoms with Crippen molar-refractivity contribution >= 4 is 0 Å². The Labute approximate surface area is 127 Å². The number of hydrogen-bond acceptors (Lipinski definition) is 2. The van der Waals surface area contributed by atoms with Crippen LogP contribution in [0.25, 0.3) is 5.69 Å². The van der Waals surface area contributed by atoms with Crippen molar-refractivity contribution < 1.29 is 0 Å². The lowest BCUT2D eigenvalue weighted by molar-refractivity contribution is 0.168. The van der Waals surface area contributed by atoms with Crippen LogP contribution >= 0.6 is 0 Å². The van der Waals surface area contributed by atoms with Gasteiger partial charge >= 0.3 is 11.4 Å². The Morgan fingerprint density at radius 2 is 1.77 bits per heavy atom. The van der Waals surface area contributed by atoms with Crippen molar-refractivity contribution in [3.8, 4) is 5.69 Å². The molecule has 0 unspecified atom stereocenters. The van der Waals surface area contributed by atoms with Crippen LogP contribution < -0.4 is 11.4 Å². The van der Waals surface area contributed by atoms with Crippen LogP contribution in [0.4, 0.5) is 0 Å². The summed E-state index contributed by atoms with van der Waals surface area (Å²) < 4.78 is 4.70. The van der Waals surface area contributed by atoms with Crippen molar-refractivity contribution in [2.24, 2.45) is 11.3 Å². The maximum atomic E-state index is 13.0.